The Hall–Kier alpha value is -3.31. The van der Waals surface area contributed by atoms with Crippen LogP contribution in [0.4, 0.5) is 11.5 Å². The van der Waals surface area contributed by atoms with Gasteiger partial charge in [0.1, 0.15) is 12.1 Å². The number of nitrogens with one attached hydrogen (secondary N) is 1. The van der Waals surface area contributed by atoms with E-state index in [1.807, 2.05) is 24.4 Å². The first-order valence-electron chi connectivity index (χ1n) is 10.3. The summed E-state index contributed by atoms with van der Waals surface area (Å²) < 4.78 is 0. The van der Waals surface area contributed by atoms with Gasteiger partial charge in [-0.15, -0.1) is 0 Å². The number of para-hydroxylation sites is 1. The van der Waals surface area contributed by atoms with Gasteiger partial charge < -0.3 is 5.32 Å². The van der Waals surface area contributed by atoms with Crippen LogP contribution in [0.15, 0.2) is 78.8 Å². The van der Waals surface area contributed by atoms with Gasteiger partial charge in [-0.3, -0.25) is 9.88 Å². The molecule has 0 unspecified atom stereocenters. The Kier molecular flexibility index (Phi) is 4.68. The molecule has 0 radical (unpaired) electrons. The Balaban J connectivity index is 1.35. The number of aromatic nitrogens is 3. The summed E-state index contributed by atoms with van der Waals surface area (Å²) in [6.07, 6.45) is 14.6. The molecule has 0 saturated carbocycles. The summed E-state index contributed by atoms with van der Waals surface area (Å²) in [5, 5.41) is 4.57. The highest BCUT2D eigenvalue weighted by Gasteiger charge is 2.25. The van der Waals surface area contributed by atoms with Crippen molar-refractivity contribution in [3.05, 3.63) is 90.1 Å². The molecular formula is C25H25N5. The zero-order valence-corrected chi connectivity index (χ0v) is 17.3. The van der Waals surface area contributed by atoms with Crippen LogP contribution in [0.3, 0.4) is 0 Å². The van der Waals surface area contributed by atoms with Crippen molar-refractivity contribution >= 4 is 22.4 Å². The van der Waals surface area contributed by atoms with E-state index in [0.29, 0.717) is 0 Å². The molecule has 0 spiro atoms. The van der Waals surface area contributed by atoms with Crippen LogP contribution in [-0.4, -0.2) is 26.4 Å². The van der Waals surface area contributed by atoms with Crippen LogP contribution < -0.4 is 5.32 Å². The molecule has 5 nitrogen and oxygen atoms in total. The van der Waals surface area contributed by atoms with E-state index in [1.165, 1.54) is 11.1 Å². The molecule has 0 atom stereocenters. The standard InChI is InChI=1S/C25H25N5/c1-25(2)10-6-5-7-18(12-25)14-30-15-21-23(16-30)27-17-28-24(21)29-20-11-19-8-3-4-9-22(19)26-13-20/h3-13,17H,14-16H2,1-2H3,(H,27,28,29). The minimum atomic E-state index is 0.0704. The zero-order valence-electron chi connectivity index (χ0n) is 17.3. The third kappa shape index (κ3) is 3.89. The van der Waals surface area contributed by atoms with Crippen LogP contribution in [0.5, 0.6) is 0 Å². The minimum Gasteiger partial charge on any atom is -0.339 e. The molecule has 2 aliphatic rings. The molecule has 0 amide bonds. The molecule has 2 aromatic heterocycles. The van der Waals surface area contributed by atoms with Gasteiger partial charge in [0.15, 0.2) is 0 Å². The summed E-state index contributed by atoms with van der Waals surface area (Å²) in [4.78, 5) is 16.0. The quantitative estimate of drug-likeness (QED) is 0.661. The first-order chi connectivity index (χ1) is 14.6. The van der Waals surface area contributed by atoms with E-state index in [1.54, 1.807) is 6.33 Å². The fourth-order valence-electron chi connectivity index (χ4n) is 4.15. The fraction of sp³-hybridized carbons (Fsp3) is 0.240. The number of rotatable bonds is 4. The van der Waals surface area contributed by atoms with Crippen LogP contribution >= 0.6 is 0 Å². The van der Waals surface area contributed by atoms with Gasteiger partial charge in [-0.2, -0.15) is 0 Å². The van der Waals surface area contributed by atoms with Gasteiger partial charge in [-0.05, 0) is 17.7 Å². The number of hydrogen-bond acceptors (Lipinski definition) is 5. The van der Waals surface area contributed by atoms with Crippen molar-refractivity contribution < 1.29 is 0 Å². The topological polar surface area (TPSA) is 53.9 Å². The summed E-state index contributed by atoms with van der Waals surface area (Å²) in [6, 6.07) is 10.2. The molecule has 1 aliphatic carbocycles. The fourth-order valence-corrected chi connectivity index (χ4v) is 4.15. The molecular weight excluding hydrogens is 370 g/mol. The maximum atomic E-state index is 4.55. The molecule has 3 heterocycles. The molecule has 5 rings (SSSR count). The first kappa shape index (κ1) is 18.7. The van der Waals surface area contributed by atoms with Gasteiger partial charge in [0.2, 0.25) is 0 Å². The smallest absolute Gasteiger partial charge is 0.138 e. The lowest BCUT2D eigenvalue weighted by molar-refractivity contribution is 0.309. The molecule has 0 fully saturated rings. The average molecular weight is 396 g/mol. The van der Waals surface area contributed by atoms with Crippen molar-refractivity contribution in [1.29, 1.82) is 0 Å². The van der Waals surface area contributed by atoms with Gasteiger partial charge >= 0.3 is 0 Å². The number of anilines is 2. The van der Waals surface area contributed by atoms with Crippen molar-refractivity contribution in [2.45, 2.75) is 26.9 Å². The highest BCUT2D eigenvalue weighted by molar-refractivity contribution is 5.82. The summed E-state index contributed by atoms with van der Waals surface area (Å²) in [6.45, 7) is 7.04. The Morgan fingerprint density at radius 2 is 1.97 bits per heavy atom. The number of nitrogens with zero attached hydrogens (tertiary/aromatic N) is 4. The van der Waals surface area contributed by atoms with E-state index in [9.17, 15) is 0 Å². The predicted molar refractivity (Wildman–Crippen MR) is 121 cm³/mol. The molecule has 1 aromatic carbocycles. The monoisotopic (exact) mass is 395 g/mol. The maximum absolute atomic E-state index is 4.55. The highest BCUT2D eigenvalue weighted by Crippen LogP contribution is 2.30. The molecule has 5 heteroatoms. The lowest BCUT2D eigenvalue weighted by atomic mass is 9.91. The van der Waals surface area contributed by atoms with E-state index in [-0.39, 0.29) is 5.41 Å². The van der Waals surface area contributed by atoms with Crippen molar-refractivity contribution in [2.24, 2.45) is 5.41 Å². The molecule has 150 valence electrons. The Bertz CT molecular complexity index is 1190. The molecule has 0 bridgehead atoms. The van der Waals surface area contributed by atoms with Gasteiger partial charge in [-0.25, -0.2) is 9.97 Å². The van der Waals surface area contributed by atoms with E-state index >= 15 is 0 Å². The SMILES string of the molecule is CC1(C)C=CC=CC(CN2Cc3ncnc(Nc4cnc5ccccc5c4)c3C2)=C1. The second kappa shape index (κ2) is 7.50. The Labute approximate surface area is 176 Å². The lowest BCUT2D eigenvalue weighted by Crippen LogP contribution is -2.20. The number of hydrogen-bond donors (Lipinski definition) is 1. The molecule has 30 heavy (non-hydrogen) atoms. The van der Waals surface area contributed by atoms with Gasteiger partial charge in [0.25, 0.3) is 0 Å². The van der Waals surface area contributed by atoms with Crippen molar-refractivity contribution in [3.63, 3.8) is 0 Å². The van der Waals surface area contributed by atoms with Crippen LogP contribution in [-0.2, 0) is 13.1 Å². The maximum Gasteiger partial charge on any atom is 0.138 e. The normalized spacial score (nSPS) is 17.6. The summed E-state index contributed by atoms with van der Waals surface area (Å²) in [7, 11) is 0. The van der Waals surface area contributed by atoms with Crippen molar-refractivity contribution in [2.75, 3.05) is 11.9 Å². The van der Waals surface area contributed by atoms with E-state index in [4.69, 9.17) is 0 Å². The number of benzene rings is 1. The highest BCUT2D eigenvalue weighted by atomic mass is 15.2. The van der Waals surface area contributed by atoms with Crippen LogP contribution in [0, 0.1) is 5.41 Å². The minimum absolute atomic E-state index is 0.0704. The predicted octanol–water partition coefficient (Wildman–Crippen LogP) is 5.16. The number of fused-ring (bicyclic) bond motifs is 2. The van der Waals surface area contributed by atoms with Gasteiger partial charge in [-0.1, -0.05) is 62.4 Å². The van der Waals surface area contributed by atoms with E-state index in [0.717, 1.165) is 47.7 Å². The second-order valence-electron chi connectivity index (χ2n) is 8.59. The molecule has 1 N–H and O–H groups in total. The first-order valence-corrected chi connectivity index (χ1v) is 10.3. The summed E-state index contributed by atoms with van der Waals surface area (Å²) >= 11 is 0. The van der Waals surface area contributed by atoms with Gasteiger partial charge in [0, 0.05) is 36.0 Å². The largest absolute Gasteiger partial charge is 0.339 e. The lowest BCUT2D eigenvalue weighted by Gasteiger charge is -2.19. The average Bonchev–Trinajstić information content (AvgIpc) is 3.06. The summed E-state index contributed by atoms with van der Waals surface area (Å²) in [5.41, 5.74) is 5.60. The number of pyridine rings is 1. The third-order valence-electron chi connectivity index (χ3n) is 5.55. The van der Waals surface area contributed by atoms with Crippen molar-refractivity contribution in [3.8, 4) is 0 Å². The van der Waals surface area contributed by atoms with E-state index < -0.39 is 0 Å². The molecule has 1 aliphatic heterocycles. The summed E-state index contributed by atoms with van der Waals surface area (Å²) in [5.74, 6) is 0.868. The Morgan fingerprint density at radius 3 is 2.90 bits per heavy atom. The Morgan fingerprint density at radius 1 is 1.07 bits per heavy atom. The van der Waals surface area contributed by atoms with Gasteiger partial charge in [0.05, 0.1) is 23.1 Å². The zero-order chi connectivity index (χ0) is 20.6. The number of allylic oxidation sites excluding steroid dienone is 4. The van der Waals surface area contributed by atoms with Crippen molar-refractivity contribution in [1.82, 2.24) is 19.9 Å². The van der Waals surface area contributed by atoms with Crippen LogP contribution in [0.2, 0.25) is 0 Å². The molecule has 0 saturated heterocycles. The van der Waals surface area contributed by atoms with Crippen LogP contribution in [0.25, 0.3) is 10.9 Å². The second-order valence-corrected chi connectivity index (χ2v) is 8.59. The third-order valence-corrected chi connectivity index (χ3v) is 5.55. The van der Waals surface area contributed by atoms with Crippen LogP contribution in [0.1, 0.15) is 25.1 Å². The molecule has 3 aromatic rings. The van der Waals surface area contributed by atoms with E-state index in [2.05, 4.69) is 81.5 Å².